The minimum absolute atomic E-state index is 0.297. The van der Waals surface area contributed by atoms with E-state index in [4.69, 9.17) is 0 Å². The topological polar surface area (TPSA) is 38.1 Å². The zero-order valence-electron chi connectivity index (χ0n) is 7.88. The molecule has 0 bridgehead atoms. The quantitative estimate of drug-likeness (QED) is 0.777. The average molecular weight is 280 g/mol. The maximum Gasteiger partial charge on any atom is 0.282 e. The van der Waals surface area contributed by atoms with E-state index in [0.717, 1.165) is 4.90 Å². The van der Waals surface area contributed by atoms with Gasteiger partial charge in [-0.05, 0) is 15.9 Å². The second-order valence-electron chi connectivity index (χ2n) is 3.48. The van der Waals surface area contributed by atoms with Gasteiger partial charge in [0.25, 0.3) is 11.8 Å². The molecule has 7 heteroatoms. The third-order valence-electron chi connectivity index (χ3n) is 2.23. The van der Waals surface area contributed by atoms with Crippen LogP contribution < -0.4 is 0 Å². The summed E-state index contributed by atoms with van der Waals surface area (Å²) < 4.78 is 27.0. The molecule has 0 aromatic carbocycles. The zero-order valence-corrected chi connectivity index (χ0v) is 9.46. The van der Waals surface area contributed by atoms with Crippen molar-refractivity contribution in [3.8, 4) is 0 Å². The van der Waals surface area contributed by atoms with Crippen LogP contribution in [0.1, 0.15) is 10.5 Å². The Morgan fingerprint density at radius 1 is 1.60 bits per heavy atom. The van der Waals surface area contributed by atoms with Crippen molar-refractivity contribution in [3.05, 3.63) is 16.4 Å². The van der Waals surface area contributed by atoms with E-state index in [-0.39, 0.29) is 0 Å². The molecule has 82 valence electrons. The fourth-order valence-electron chi connectivity index (χ4n) is 1.46. The van der Waals surface area contributed by atoms with Crippen molar-refractivity contribution in [3.63, 3.8) is 0 Å². The second kappa shape index (κ2) is 3.26. The Morgan fingerprint density at radius 3 is 2.60 bits per heavy atom. The van der Waals surface area contributed by atoms with E-state index in [1.807, 2.05) is 0 Å². The van der Waals surface area contributed by atoms with Crippen LogP contribution >= 0.6 is 15.9 Å². The molecular weight excluding hydrogens is 272 g/mol. The Balaban J connectivity index is 2.17. The molecular formula is C8H8BrF2N3O. The number of amides is 1. The van der Waals surface area contributed by atoms with Gasteiger partial charge in [0.2, 0.25) is 0 Å². The Morgan fingerprint density at radius 2 is 2.20 bits per heavy atom. The lowest BCUT2D eigenvalue weighted by atomic mass is 10.1. The van der Waals surface area contributed by atoms with E-state index in [9.17, 15) is 13.6 Å². The highest BCUT2D eigenvalue weighted by Gasteiger charge is 2.47. The molecule has 15 heavy (non-hydrogen) atoms. The molecule has 1 fully saturated rings. The highest BCUT2D eigenvalue weighted by atomic mass is 79.9. The van der Waals surface area contributed by atoms with Crippen molar-refractivity contribution in [1.29, 1.82) is 0 Å². The van der Waals surface area contributed by atoms with Crippen molar-refractivity contribution in [2.24, 2.45) is 7.05 Å². The van der Waals surface area contributed by atoms with Crippen LogP contribution in [0.3, 0.4) is 0 Å². The van der Waals surface area contributed by atoms with E-state index in [1.165, 1.54) is 10.9 Å². The van der Waals surface area contributed by atoms with Gasteiger partial charge >= 0.3 is 0 Å². The number of carbonyl (C=O) groups excluding carboxylic acids is 1. The molecule has 1 amide bonds. The summed E-state index contributed by atoms with van der Waals surface area (Å²) >= 11 is 3.15. The predicted molar refractivity (Wildman–Crippen MR) is 51.8 cm³/mol. The fourth-order valence-corrected chi connectivity index (χ4v) is 1.97. The SMILES string of the molecule is Cn1ncc(Br)c1C(=O)N1CC(F)(F)C1. The molecule has 1 aromatic heterocycles. The summed E-state index contributed by atoms with van der Waals surface area (Å²) in [6.45, 7) is -1.02. The van der Waals surface area contributed by atoms with Crippen molar-refractivity contribution < 1.29 is 13.6 Å². The predicted octanol–water partition coefficient (Wildman–Crippen LogP) is 1.27. The van der Waals surface area contributed by atoms with E-state index in [2.05, 4.69) is 21.0 Å². The smallest absolute Gasteiger partial charge is 0.282 e. The van der Waals surface area contributed by atoms with E-state index in [0.29, 0.717) is 10.2 Å². The number of likely N-dealkylation sites (tertiary alicyclic amines) is 1. The molecule has 0 radical (unpaired) electrons. The van der Waals surface area contributed by atoms with Gasteiger partial charge in [-0.25, -0.2) is 8.78 Å². The van der Waals surface area contributed by atoms with Crippen molar-refractivity contribution in [2.45, 2.75) is 5.92 Å². The molecule has 1 aliphatic heterocycles. The Hall–Kier alpha value is -0.980. The number of alkyl halides is 2. The van der Waals surface area contributed by atoms with Crippen LogP contribution in [0.15, 0.2) is 10.7 Å². The van der Waals surface area contributed by atoms with E-state index in [1.54, 1.807) is 7.05 Å². The van der Waals surface area contributed by atoms with Crippen molar-refractivity contribution in [1.82, 2.24) is 14.7 Å². The van der Waals surface area contributed by atoms with Crippen LogP contribution in [0, 0.1) is 0 Å². The first-order valence-electron chi connectivity index (χ1n) is 4.25. The number of aryl methyl sites for hydroxylation is 1. The minimum atomic E-state index is -2.74. The first-order chi connectivity index (χ1) is 6.91. The normalized spacial score (nSPS) is 18.8. The molecule has 4 nitrogen and oxygen atoms in total. The molecule has 1 saturated heterocycles. The number of hydrogen-bond donors (Lipinski definition) is 0. The minimum Gasteiger partial charge on any atom is -0.325 e. The van der Waals surface area contributed by atoms with Crippen LogP contribution in [0.25, 0.3) is 0 Å². The van der Waals surface area contributed by atoms with E-state index >= 15 is 0 Å². The maximum absolute atomic E-state index is 12.6. The molecule has 0 spiro atoms. The van der Waals surface area contributed by atoms with Crippen LogP contribution in [-0.4, -0.2) is 39.6 Å². The standard InChI is InChI=1S/C8H8BrF2N3O/c1-13-6(5(9)2-12-13)7(15)14-3-8(10,11)4-14/h2H,3-4H2,1H3. The highest BCUT2D eigenvalue weighted by Crippen LogP contribution is 2.29. The first-order valence-corrected chi connectivity index (χ1v) is 5.04. The van der Waals surface area contributed by atoms with Crippen molar-refractivity contribution >= 4 is 21.8 Å². The van der Waals surface area contributed by atoms with E-state index < -0.39 is 24.9 Å². The zero-order chi connectivity index (χ0) is 11.2. The van der Waals surface area contributed by atoms with Gasteiger partial charge in [0.1, 0.15) is 5.69 Å². The Bertz CT molecular complexity index is 391. The van der Waals surface area contributed by atoms with Crippen LogP contribution in [0.4, 0.5) is 8.78 Å². The van der Waals surface area contributed by atoms with Gasteiger partial charge in [-0.15, -0.1) is 0 Å². The highest BCUT2D eigenvalue weighted by molar-refractivity contribution is 9.10. The van der Waals surface area contributed by atoms with Crippen LogP contribution in [-0.2, 0) is 7.05 Å². The fraction of sp³-hybridized carbons (Fsp3) is 0.500. The van der Waals surface area contributed by atoms with Crippen LogP contribution in [0.2, 0.25) is 0 Å². The summed E-state index contributed by atoms with van der Waals surface area (Å²) in [4.78, 5) is 12.8. The first kappa shape index (κ1) is 10.5. The summed E-state index contributed by atoms with van der Waals surface area (Å²) in [5.41, 5.74) is 0.297. The van der Waals surface area contributed by atoms with Gasteiger partial charge < -0.3 is 4.90 Å². The van der Waals surface area contributed by atoms with Gasteiger partial charge in [-0.1, -0.05) is 0 Å². The maximum atomic E-state index is 12.6. The Kier molecular flexibility index (Phi) is 2.29. The molecule has 1 aromatic rings. The van der Waals surface area contributed by atoms with Crippen molar-refractivity contribution in [2.75, 3.05) is 13.1 Å². The summed E-state index contributed by atoms with van der Waals surface area (Å²) in [5, 5.41) is 3.85. The molecule has 0 aliphatic carbocycles. The number of nitrogens with zero attached hydrogens (tertiary/aromatic N) is 3. The van der Waals surface area contributed by atoms with Gasteiger partial charge in [-0.2, -0.15) is 5.10 Å². The number of aromatic nitrogens is 2. The van der Waals surface area contributed by atoms with Crippen LogP contribution in [0.5, 0.6) is 0 Å². The lowest BCUT2D eigenvalue weighted by Crippen LogP contribution is -2.58. The molecule has 0 N–H and O–H groups in total. The summed E-state index contributed by atoms with van der Waals surface area (Å²) in [6, 6.07) is 0. The average Bonchev–Trinajstić information content (AvgIpc) is 2.41. The molecule has 0 unspecified atom stereocenters. The molecule has 1 aliphatic rings. The van der Waals surface area contributed by atoms with Gasteiger partial charge in [0.05, 0.1) is 23.8 Å². The third-order valence-corrected chi connectivity index (χ3v) is 2.81. The van der Waals surface area contributed by atoms with Gasteiger partial charge in [0, 0.05) is 7.05 Å². The van der Waals surface area contributed by atoms with Gasteiger partial charge in [0.15, 0.2) is 0 Å². The third kappa shape index (κ3) is 1.75. The number of halogens is 3. The molecule has 2 rings (SSSR count). The lowest BCUT2D eigenvalue weighted by Gasteiger charge is -2.38. The Labute approximate surface area is 93.0 Å². The lowest BCUT2D eigenvalue weighted by molar-refractivity contribution is -0.113. The summed E-state index contributed by atoms with van der Waals surface area (Å²) in [7, 11) is 1.59. The number of hydrogen-bond acceptors (Lipinski definition) is 2. The molecule has 0 saturated carbocycles. The molecule has 0 atom stereocenters. The molecule has 2 heterocycles. The number of rotatable bonds is 1. The second-order valence-corrected chi connectivity index (χ2v) is 4.34. The summed E-state index contributed by atoms with van der Waals surface area (Å²) in [5.74, 6) is -3.16. The largest absolute Gasteiger partial charge is 0.325 e. The summed E-state index contributed by atoms with van der Waals surface area (Å²) in [6.07, 6.45) is 1.46. The van der Waals surface area contributed by atoms with Gasteiger partial charge in [-0.3, -0.25) is 9.48 Å². The monoisotopic (exact) mass is 279 g/mol. The number of carbonyl (C=O) groups is 1.